The molecule has 0 radical (unpaired) electrons. The van der Waals surface area contributed by atoms with Crippen molar-refractivity contribution in [3.8, 4) is 6.07 Å². The smallest absolute Gasteiger partial charge is 0.241 e. The molecule has 6 heteroatoms. The molecule has 21 heavy (non-hydrogen) atoms. The standard InChI is InChI=1S/C15H16Cl2N2O2/c1-10(12-3-2-11(16)8-13(12)17)19-14(20)15(9-18)4-6-21-7-5-15/h2-3,8,10H,4-7H2,1H3,(H,19,20). The molecule has 1 N–H and O–H groups in total. The largest absolute Gasteiger partial charge is 0.381 e. The Hall–Kier alpha value is -1.28. The number of nitrogens with zero attached hydrogens (tertiary/aromatic N) is 1. The topological polar surface area (TPSA) is 62.1 Å². The molecule has 0 bridgehead atoms. The van der Waals surface area contributed by atoms with Crippen LogP contribution in [0.5, 0.6) is 0 Å². The van der Waals surface area contributed by atoms with E-state index in [4.69, 9.17) is 27.9 Å². The number of hydrogen-bond acceptors (Lipinski definition) is 3. The van der Waals surface area contributed by atoms with E-state index in [1.807, 2.05) is 6.92 Å². The Kier molecular flexibility index (Phi) is 5.10. The van der Waals surface area contributed by atoms with E-state index in [1.54, 1.807) is 18.2 Å². The van der Waals surface area contributed by atoms with Crippen molar-refractivity contribution < 1.29 is 9.53 Å². The molecule has 1 aromatic rings. The summed E-state index contributed by atoms with van der Waals surface area (Å²) in [6.07, 6.45) is 0.826. The average molecular weight is 327 g/mol. The number of amides is 1. The first-order valence-electron chi connectivity index (χ1n) is 6.73. The fourth-order valence-electron chi connectivity index (χ4n) is 2.37. The zero-order chi connectivity index (χ0) is 15.5. The van der Waals surface area contributed by atoms with Gasteiger partial charge < -0.3 is 10.1 Å². The minimum absolute atomic E-state index is 0.271. The third kappa shape index (κ3) is 3.49. The van der Waals surface area contributed by atoms with Crippen LogP contribution in [0.15, 0.2) is 18.2 Å². The molecular weight excluding hydrogens is 311 g/mol. The molecule has 112 valence electrons. The van der Waals surface area contributed by atoms with Crippen LogP contribution in [0.3, 0.4) is 0 Å². The van der Waals surface area contributed by atoms with E-state index in [0.717, 1.165) is 5.56 Å². The summed E-state index contributed by atoms with van der Waals surface area (Å²) in [6, 6.07) is 6.99. The van der Waals surface area contributed by atoms with Gasteiger partial charge in [0, 0.05) is 23.3 Å². The first-order valence-corrected chi connectivity index (χ1v) is 7.49. The minimum Gasteiger partial charge on any atom is -0.381 e. The highest BCUT2D eigenvalue weighted by atomic mass is 35.5. The summed E-state index contributed by atoms with van der Waals surface area (Å²) in [5.74, 6) is -0.271. The molecule has 1 atom stereocenters. The Labute approximate surface area is 134 Å². The molecule has 1 amide bonds. The predicted molar refractivity (Wildman–Crippen MR) is 81.1 cm³/mol. The maximum absolute atomic E-state index is 12.5. The summed E-state index contributed by atoms with van der Waals surface area (Å²) in [7, 11) is 0. The average Bonchev–Trinajstić information content (AvgIpc) is 2.47. The van der Waals surface area contributed by atoms with Crippen LogP contribution in [-0.2, 0) is 9.53 Å². The van der Waals surface area contributed by atoms with Gasteiger partial charge in [0.25, 0.3) is 0 Å². The Bertz CT molecular complexity index is 578. The van der Waals surface area contributed by atoms with Crippen molar-refractivity contribution in [2.24, 2.45) is 5.41 Å². The number of carbonyl (C=O) groups is 1. The number of ether oxygens (including phenoxy) is 1. The molecule has 1 heterocycles. The fourth-order valence-corrected chi connectivity index (χ4v) is 2.95. The number of nitrogens with one attached hydrogen (secondary N) is 1. The second-order valence-electron chi connectivity index (χ2n) is 5.17. The molecule has 1 saturated heterocycles. The Balaban J connectivity index is 2.13. The van der Waals surface area contributed by atoms with Crippen molar-refractivity contribution in [2.75, 3.05) is 13.2 Å². The summed E-state index contributed by atoms with van der Waals surface area (Å²) in [4.78, 5) is 12.5. The maximum Gasteiger partial charge on any atom is 0.241 e. The molecule has 1 aromatic carbocycles. The number of halogens is 2. The van der Waals surface area contributed by atoms with Crippen molar-refractivity contribution in [1.29, 1.82) is 5.26 Å². The second-order valence-corrected chi connectivity index (χ2v) is 6.01. The van der Waals surface area contributed by atoms with Gasteiger partial charge in [-0.05, 0) is 37.5 Å². The molecule has 0 saturated carbocycles. The van der Waals surface area contributed by atoms with E-state index in [2.05, 4.69) is 11.4 Å². The molecule has 0 aromatic heterocycles. The molecule has 0 spiro atoms. The van der Waals surface area contributed by atoms with Gasteiger partial charge in [0.05, 0.1) is 12.1 Å². The van der Waals surface area contributed by atoms with Crippen LogP contribution in [0.25, 0.3) is 0 Å². The highest BCUT2D eigenvalue weighted by Crippen LogP contribution is 2.32. The number of rotatable bonds is 3. The SMILES string of the molecule is CC(NC(=O)C1(C#N)CCOCC1)c1ccc(Cl)cc1Cl. The van der Waals surface area contributed by atoms with Gasteiger partial charge in [0.15, 0.2) is 0 Å². The quantitative estimate of drug-likeness (QED) is 0.924. The number of hydrogen-bond donors (Lipinski definition) is 1. The number of benzene rings is 1. The lowest BCUT2D eigenvalue weighted by Gasteiger charge is -2.30. The summed E-state index contributed by atoms with van der Waals surface area (Å²) >= 11 is 12.0. The first-order chi connectivity index (χ1) is 9.98. The molecule has 2 rings (SSSR count). The van der Waals surface area contributed by atoms with Crippen LogP contribution in [0.4, 0.5) is 0 Å². The molecule has 1 aliphatic heterocycles. The monoisotopic (exact) mass is 326 g/mol. The summed E-state index contributed by atoms with van der Waals surface area (Å²) in [6.45, 7) is 2.69. The van der Waals surface area contributed by atoms with Gasteiger partial charge in [-0.25, -0.2) is 0 Å². The molecular formula is C15H16Cl2N2O2. The third-order valence-electron chi connectivity index (χ3n) is 3.77. The molecule has 4 nitrogen and oxygen atoms in total. The van der Waals surface area contributed by atoms with Gasteiger partial charge in [0.1, 0.15) is 5.41 Å². The van der Waals surface area contributed by atoms with Crippen LogP contribution in [-0.4, -0.2) is 19.1 Å². The lowest BCUT2D eigenvalue weighted by Crippen LogP contribution is -2.44. The van der Waals surface area contributed by atoms with Crippen molar-refractivity contribution in [3.63, 3.8) is 0 Å². The van der Waals surface area contributed by atoms with Crippen LogP contribution in [0.1, 0.15) is 31.4 Å². The highest BCUT2D eigenvalue weighted by Gasteiger charge is 2.41. The van der Waals surface area contributed by atoms with E-state index in [1.165, 1.54) is 0 Å². The van der Waals surface area contributed by atoms with Gasteiger partial charge in [0.2, 0.25) is 5.91 Å². The van der Waals surface area contributed by atoms with Crippen LogP contribution in [0.2, 0.25) is 10.0 Å². The highest BCUT2D eigenvalue weighted by molar-refractivity contribution is 6.35. The van der Waals surface area contributed by atoms with E-state index < -0.39 is 5.41 Å². The van der Waals surface area contributed by atoms with Gasteiger partial charge in [-0.3, -0.25) is 4.79 Å². The van der Waals surface area contributed by atoms with E-state index in [-0.39, 0.29) is 11.9 Å². The molecule has 1 aliphatic rings. The van der Waals surface area contributed by atoms with Crippen molar-refractivity contribution in [1.82, 2.24) is 5.32 Å². The van der Waals surface area contributed by atoms with Gasteiger partial charge in [-0.2, -0.15) is 5.26 Å². The first kappa shape index (κ1) is 16.1. The van der Waals surface area contributed by atoms with Crippen LogP contribution < -0.4 is 5.32 Å². The van der Waals surface area contributed by atoms with Crippen LogP contribution >= 0.6 is 23.2 Å². The molecule has 1 unspecified atom stereocenters. The van der Waals surface area contributed by atoms with Crippen molar-refractivity contribution >= 4 is 29.1 Å². The third-order valence-corrected chi connectivity index (χ3v) is 4.33. The second kappa shape index (κ2) is 6.65. The Morgan fingerprint density at radius 1 is 1.43 bits per heavy atom. The van der Waals surface area contributed by atoms with E-state index >= 15 is 0 Å². The molecule has 1 fully saturated rings. The van der Waals surface area contributed by atoms with E-state index in [0.29, 0.717) is 36.1 Å². The summed E-state index contributed by atoms with van der Waals surface area (Å²) in [5, 5.41) is 13.3. The summed E-state index contributed by atoms with van der Waals surface area (Å²) < 4.78 is 5.23. The lowest BCUT2D eigenvalue weighted by molar-refractivity contribution is -0.133. The maximum atomic E-state index is 12.5. The van der Waals surface area contributed by atoms with Crippen molar-refractivity contribution in [2.45, 2.75) is 25.8 Å². The van der Waals surface area contributed by atoms with Gasteiger partial charge >= 0.3 is 0 Å². The van der Waals surface area contributed by atoms with Gasteiger partial charge in [-0.15, -0.1) is 0 Å². The van der Waals surface area contributed by atoms with E-state index in [9.17, 15) is 10.1 Å². The Morgan fingerprint density at radius 2 is 2.10 bits per heavy atom. The zero-order valence-electron chi connectivity index (χ0n) is 11.7. The Morgan fingerprint density at radius 3 is 2.67 bits per heavy atom. The minimum atomic E-state index is -1.01. The number of carbonyl (C=O) groups excluding carboxylic acids is 1. The normalized spacial score (nSPS) is 18.6. The zero-order valence-corrected chi connectivity index (χ0v) is 13.2. The number of nitriles is 1. The predicted octanol–water partition coefficient (Wildman–Crippen LogP) is 3.49. The summed E-state index contributed by atoms with van der Waals surface area (Å²) in [5.41, 5.74) is -0.236. The van der Waals surface area contributed by atoms with Crippen molar-refractivity contribution in [3.05, 3.63) is 33.8 Å². The van der Waals surface area contributed by atoms with Crippen LogP contribution in [0, 0.1) is 16.7 Å². The fraction of sp³-hybridized carbons (Fsp3) is 0.467. The lowest BCUT2D eigenvalue weighted by atomic mass is 9.80. The molecule has 0 aliphatic carbocycles. The van der Waals surface area contributed by atoms with Gasteiger partial charge in [-0.1, -0.05) is 29.3 Å².